The van der Waals surface area contributed by atoms with Gasteiger partial charge in [0.25, 0.3) is 0 Å². The molecule has 0 unspecified atom stereocenters. The van der Waals surface area contributed by atoms with Crippen molar-refractivity contribution < 1.29 is 4.74 Å². The molecule has 1 N–H and O–H groups in total. The Kier molecular flexibility index (Phi) is 4.90. The molecule has 1 aromatic rings. The van der Waals surface area contributed by atoms with Crippen LogP contribution in [0.4, 0.5) is 0 Å². The van der Waals surface area contributed by atoms with Gasteiger partial charge in [-0.05, 0) is 69.3 Å². The number of halogens is 1. The summed E-state index contributed by atoms with van der Waals surface area (Å²) in [5.41, 5.74) is 2.31. The Labute approximate surface area is 115 Å². The molecular formula is C15H22ClNO. The largest absolute Gasteiger partial charge is 0.492 e. The van der Waals surface area contributed by atoms with Gasteiger partial charge in [0, 0.05) is 0 Å². The van der Waals surface area contributed by atoms with Gasteiger partial charge in [0.2, 0.25) is 0 Å². The molecule has 1 heterocycles. The van der Waals surface area contributed by atoms with Gasteiger partial charge in [0.1, 0.15) is 5.75 Å². The lowest BCUT2D eigenvalue weighted by Gasteiger charge is -2.23. The second-order valence-electron chi connectivity index (χ2n) is 5.24. The Balaban J connectivity index is 1.86. The van der Waals surface area contributed by atoms with E-state index in [4.69, 9.17) is 16.3 Å². The first-order valence-corrected chi connectivity index (χ1v) is 7.15. The summed E-state index contributed by atoms with van der Waals surface area (Å²) >= 11 is 6.22. The number of rotatable bonds is 4. The quantitative estimate of drug-likeness (QED) is 0.898. The lowest BCUT2D eigenvalue weighted by atomic mass is 9.97. The highest BCUT2D eigenvalue weighted by molar-refractivity contribution is 6.32. The summed E-state index contributed by atoms with van der Waals surface area (Å²) in [6, 6.07) is 4.08. The minimum Gasteiger partial charge on any atom is -0.492 e. The molecule has 18 heavy (non-hydrogen) atoms. The van der Waals surface area contributed by atoms with Crippen LogP contribution in [0.3, 0.4) is 0 Å². The monoisotopic (exact) mass is 267 g/mol. The topological polar surface area (TPSA) is 21.3 Å². The average molecular weight is 268 g/mol. The first kappa shape index (κ1) is 13.7. The van der Waals surface area contributed by atoms with E-state index in [0.29, 0.717) is 0 Å². The summed E-state index contributed by atoms with van der Waals surface area (Å²) in [4.78, 5) is 0. The molecule has 2 nitrogen and oxygen atoms in total. The molecule has 0 radical (unpaired) electrons. The van der Waals surface area contributed by atoms with Crippen LogP contribution in [-0.4, -0.2) is 19.7 Å². The molecular weight excluding hydrogens is 246 g/mol. The van der Waals surface area contributed by atoms with Gasteiger partial charge in [-0.25, -0.2) is 0 Å². The number of hydrogen-bond acceptors (Lipinski definition) is 2. The van der Waals surface area contributed by atoms with Crippen molar-refractivity contribution in [3.8, 4) is 5.75 Å². The predicted octanol–water partition coefficient (Wildman–Crippen LogP) is 3.73. The van der Waals surface area contributed by atoms with Crippen LogP contribution in [0.1, 0.15) is 30.4 Å². The third-order valence-corrected chi connectivity index (χ3v) is 3.83. The highest BCUT2D eigenvalue weighted by atomic mass is 35.5. The summed E-state index contributed by atoms with van der Waals surface area (Å²) < 4.78 is 5.87. The maximum absolute atomic E-state index is 6.22. The van der Waals surface area contributed by atoms with Crippen LogP contribution in [0.15, 0.2) is 12.1 Å². The van der Waals surface area contributed by atoms with Crippen molar-refractivity contribution in [2.75, 3.05) is 19.7 Å². The highest BCUT2D eigenvalue weighted by Gasteiger charge is 2.13. The second-order valence-corrected chi connectivity index (χ2v) is 5.65. The number of benzene rings is 1. The first-order chi connectivity index (χ1) is 8.66. The van der Waals surface area contributed by atoms with Gasteiger partial charge < -0.3 is 10.1 Å². The van der Waals surface area contributed by atoms with Crippen LogP contribution < -0.4 is 10.1 Å². The molecule has 1 atom stereocenters. The number of hydrogen-bond donors (Lipinski definition) is 1. The van der Waals surface area contributed by atoms with Crippen molar-refractivity contribution in [3.05, 3.63) is 28.3 Å². The Morgan fingerprint density at radius 2 is 2.22 bits per heavy atom. The van der Waals surface area contributed by atoms with E-state index in [2.05, 4.69) is 25.2 Å². The molecule has 1 fully saturated rings. The number of piperidine rings is 1. The molecule has 3 heteroatoms. The fourth-order valence-corrected chi connectivity index (χ4v) is 2.96. The maximum Gasteiger partial charge on any atom is 0.140 e. The zero-order valence-electron chi connectivity index (χ0n) is 11.3. The summed E-state index contributed by atoms with van der Waals surface area (Å²) in [5, 5.41) is 4.16. The van der Waals surface area contributed by atoms with Gasteiger partial charge >= 0.3 is 0 Å². The SMILES string of the molecule is Cc1cc(C)c(OCC[C@@H]2CCCNC2)c(Cl)c1. The van der Waals surface area contributed by atoms with Crippen molar-refractivity contribution >= 4 is 11.6 Å². The maximum atomic E-state index is 6.22. The molecule has 0 spiro atoms. The van der Waals surface area contributed by atoms with Gasteiger partial charge in [0.15, 0.2) is 0 Å². The summed E-state index contributed by atoms with van der Waals surface area (Å²) in [6.45, 7) is 7.16. The second kappa shape index (κ2) is 6.44. The Hall–Kier alpha value is -0.730. The van der Waals surface area contributed by atoms with E-state index >= 15 is 0 Å². The molecule has 1 aliphatic rings. The molecule has 1 saturated heterocycles. The summed E-state index contributed by atoms with van der Waals surface area (Å²) in [5.74, 6) is 1.61. The third kappa shape index (κ3) is 3.63. The molecule has 1 aromatic carbocycles. The lowest BCUT2D eigenvalue weighted by Crippen LogP contribution is -2.30. The van der Waals surface area contributed by atoms with E-state index < -0.39 is 0 Å². The first-order valence-electron chi connectivity index (χ1n) is 6.77. The van der Waals surface area contributed by atoms with Crippen LogP contribution in [0.5, 0.6) is 5.75 Å². The smallest absolute Gasteiger partial charge is 0.140 e. The van der Waals surface area contributed by atoms with Gasteiger partial charge in [-0.1, -0.05) is 17.7 Å². The number of aryl methyl sites for hydroxylation is 2. The van der Waals surface area contributed by atoms with E-state index in [0.717, 1.165) is 41.8 Å². The summed E-state index contributed by atoms with van der Waals surface area (Å²) in [7, 11) is 0. The van der Waals surface area contributed by atoms with E-state index in [1.165, 1.54) is 24.9 Å². The highest BCUT2D eigenvalue weighted by Crippen LogP contribution is 2.30. The van der Waals surface area contributed by atoms with Crippen molar-refractivity contribution in [2.24, 2.45) is 5.92 Å². The van der Waals surface area contributed by atoms with Crippen LogP contribution >= 0.6 is 11.6 Å². The Bertz CT molecular complexity index is 376. The van der Waals surface area contributed by atoms with Gasteiger partial charge in [-0.2, -0.15) is 0 Å². The minimum absolute atomic E-state index is 0.731. The van der Waals surface area contributed by atoms with Crippen molar-refractivity contribution in [1.82, 2.24) is 5.32 Å². The zero-order valence-corrected chi connectivity index (χ0v) is 12.0. The molecule has 0 aliphatic carbocycles. The van der Waals surface area contributed by atoms with Gasteiger partial charge in [0.05, 0.1) is 11.6 Å². The fourth-order valence-electron chi connectivity index (χ4n) is 2.58. The number of ether oxygens (including phenoxy) is 1. The molecule has 0 aromatic heterocycles. The molecule has 0 bridgehead atoms. The van der Waals surface area contributed by atoms with E-state index in [1.54, 1.807) is 0 Å². The molecule has 100 valence electrons. The number of nitrogens with one attached hydrogen (secondary N) is 1. The van der Waals surface area contributed by atoms with Crippen LogP contribution in [0.2, 0.25) is 5.02 Å². The Morgan fingerprint density at radius 3 is 2.89 bits per heavy atom. The van der Waals surface area contributed by atoms with Crippen molar-refractivity contribution in [3.63, 3.8) is 0 Å². The predicted molar refractivity (Wildman–Crippen MR) is 76.6 cm³/mol. The molecule has 0 amide bonds. The van der Waals surface area contributed by atoms with Gasteiger partial charge in [-0.3, -0.25) is 0 Å². The molecule has 2 rings (SSSR count). The Morgan fingerprint density at radius 1 is 1.39 bits per heavy atom. The van der Waals surface area contributed by atoms with E-state index in [1.807, 2.05) is 6.07 Å². The third-order valence-electron chi connectivity index (χ3n) is 3.55. The van der Waals surface area contributed by atoms with Crippen molar-refractivity contribution in [2.45, 2.75) is 33.1 Å². The zero-order chi connectivity index (χ0) is 13.0. The van der Waals surface area contributed by atoms with Crippen molar-refractivity contribution in [1.29, 1.82) is 0 Å². The minimum atomic E-state index is 0.731. The van der Waals surface area contributed by atoms with Crippen LogP contribution in [-0.2, 0) is 0 Å². The fraction of sp³-hybridized carbons (Fsp3) is 0.600. The average Bonchev–Trinajstić information content (AvgIpc) is 2.34. The van der Waals surface area contributed by atoms with Gasteiger partial charge in [-0.15, -0.1) is 0 Å². The summed E-state index contributed by atoms with van der Waals surface area (Å²) in [6.07, 6.45) is 3.71. The normalized spacial score (nSPS) is 19.8. The standard InChI is InChI=1S/C15H22ClNO/c1-11-8-12(2)15(14(16)9-11)18-7-5-13-4-3-6-17-10-13/h8-9,13,17H,3-7,10H2,1-2H3/t13-/m0/s1. The van der Waals surface area contributed by atoms with Crippen LogP contribution in [0.25, 0.3) is 0 Å². The molecule has 0 saturated carbocycles. The lowest BCUT2D eigenvalue weighted by molar-refractivity contribution is 0.253. The van der Waals surface area contributed by atoms with E-state index in [9.17, 15) is 0 Å². The molecule has 1 aliphatic heterocycles. The van der Waals surface area contributed by atoms with E-state index in [-0.39, 0.29) is 0 Å². The van der Waals surface area contributed by atoms with Crippen LogP contribution in [0, 0.1) is 19.8 Å².